The van der Waals surface area contributed by atoms with Crippen LogP contribution in [0.2, 0.25) is 5.02 Å². The monoisotopic (exact) mass is 296 g/mol. The molecular formula is C13H17ClN4S. The maximum absolute atomic E-state index is 5.89. The highest BCUT2D eigenvalue weighted by atomic mass is 35.5. The Bertz CT molecular complexity index is 510. The Balaban J connectivity index is 1.64. The topological polar surface area (TPSA) is 34.0 Å². The average molecular weight is 297 g/mol. The van der Waals surface area contributed by atoms with Crippen LogP contribution in [0.5, 0.6) is 0 Å². The van der Waals surface area contributed by atoms with E-state index in [4.69, 9.17) is 11.6 Å². The molecule has 1 unspecified atom stereocenters. The van der Waals surface area contributed by atoms with Gasteiger partial charge in [-0.3, -0.25) is 9.58 Å². The van der Waals surface area contributed by atoms with Crippen LogP contribution in [0.1, 0.15) is 30.3 Å². The molecule has 2 aromatic heterocycles. The number of aromatic nitrogens is 3. The molecule has 0 saturated carbocycles. The number of hydrogen-bond donors (Lipinski definition) is 0. The van der Waals surface area contributed by atoms with Crippen LogP contribution in [0.25, 0.3) is 0 Å². The number of nitrogens with zero attached hydrogens (tertiary/aromatic N) is 4. The van der Waals surface area contributed by atoms with E-state index in [2.05, 4.69) is 20.4 Å². The minimum absolute atomic E-state index is 0.486. The molecule has 0 aliphatic carbocycles. The van der Waals surface area contributed by atoms with E-state index in [0.29, 0.717) is 11.1 Å². The fraction of sp³-hybridized carbons (Fsp3) is 0.538. The predicted molar refractivity (Wildman–Crippen MR) is 77.5 cm³/mol. The van der Waals surface area contributed by atoms with E-state index in [-0.39, 0.29) is 0 Å². The van der Waals surface area contributed by atoms with Crippen LogP contribution in [0, 0.1) is 0 Å². The number of likely N-dealkylation sites (tertiary alicyclic amines) is 1. The molecule has 0 aromatic carbocycles. The van der Waals surface area contributed by atoms with E-state index in [0.717, 1.165) is 19.6 Å². The van der Waals surface area contributed by atoms with Crippen LogP contribution in [-0.2, 0) is 6.54 Å². The van der Waals surface area contributed by atoms with Gasteiger partial charge >= 0.3 is 0 Å². The molecule has 2 aromatic rings. The van der Waals surface area contributed by atoms with Crippen molar-refractivity contribution in [3.8, 4) is 0 Å². The van der Waals surface area contributed by atoms with Crippen molar-refractivity contribution < 1.29 is 0 Å². The maximum atomic E-state index is 5.89. The summed E-state index contributed by atoms with van der Waals surface area (Å²) in [6.45, 7) is 3.04. The van der Waals surface area contributed by atoms with E-state index in [9.17, 15) is 0 Å². The lowest BCUT2D eigenvalue weighted by molar-refractivity contribution is 0.141. The summed E-state index contributed by atoms with van der Waals surface area (Å²) in [5, 5.41) is 8.25. The minimum Gasteiger partial charge on any atom is -0.292 e. The van der Waals surface area contributed by atoms with Crippen LogP contribution >= 0.6 is 22.9 Å². The maximum Gasteiger partial charge on any atom is 0.110 e. The molecule has 0 spiro atoms. The normalized spacial score (nSPS) is 20.8. The third kappa shape index (κ3) is 3.16. The third-order valence-corrected chi connectivity index (χ3v) is 4.64. The Morgan fingerprint density at radius 2 is 2.32 bits per heavy atom. The van der Waals surface area contributed by atoms with Gasteiger partial charge in [0.2, 0.25) is 0 Å². The number of thiazole rings is 1. The highest BCUT2D eigenvalue weighted by molar-refractivity contribution is 7.09. The Kier molecular flexibility index (Phi) is 4.15. The Morgan fingerprint density at radius 3 is 3.05 bits per heavy atom. The molecule has 6 heteroatoms. The summed E-state index contributed by atoms with van der Waals surface area (Å²) in [7, 11) is 0. The van der Waals surface area contributed by atoms with E-state index in [1.54, 1.807) is 17.5 Å². The third-order valence-electron chi connectivity index (χ3n) is 3.57. The SMILES string of the molecule is Clc1cnn(CCN2CCCCC2c2nccs2)c1. The van der Waals surface area contributed by atoms with Gasteiger partial charge in [0.1, 0.15) is 5.01 Å². The second kappa shape index (κ2) is 6.03. The Morgan fingerprint density at radius 1 is 1.37 bits per heavy atom. The minimum atomic E-state index is 0.486. The van der Waals surface area contributed by atoms with Crippen LogP contribution in [0.4, 0.5) is 0 Å². The van der Waals surface area contributed by atoms with Gasteiger partial charge in [-0.15, -0.1) is 11.3 Å². The molecule has 1 aliphatic rings. The largest absolute Gasteiger partial charge is 0.292 e. The Hall–Kier alpha value is -0.910. The van der Waals surface area contributed by atoms with Crippen LogP contribution in [0.3, 0.4) is 0 Å². The zero-order valence-corrected chi connectivity index (χ0v) is 12.3. The smallest absolute Gasteiger partial charge is 0.110 e. The van der Waals surface area contributed by atoms with Crippen molar-refractivity contribution in [1.82, 2.24) is 19.7 Å². The van der Waals surface area contributed by atoms with Gasteiger partial charge in [0, 0.05) is 24.3 Å². The molecule has 4 nitrogen and oxygen atoms in total. The summed E-state index contributed by atoms with van der Waals surface area (Å²) in [6, 6.07) is 0.486. The number of piperidine rings is 1. The zero-order chi connectivity index (χ0) is 13.1. The molecule has 1 fully saturated rings. The molecule has 1 atom stereocenters. The highest BCUT2D eigenvalue weighted by Crippen LogP contribution is 2.31. The summed E-state index contributed by atoms with van der Waals surface area (Å²) in [5.41, 5.74) is 0. The molecule has 3 heterocycles. The van der Waals surface area contributed by atoms with Crippen molar-refractivity contribution in [2.75, 3.05) is 13.1 Å². The van der Waals surface area contributed by atoms with Gasteiger partial charge in [-0.25, -0.2) is 4.98 Å². The lowest BCUT2D eigenvalue weighted by Gasteiger charge is -2.34. The standard InChI is InChI=1S/C13H17ClN4S/c14-11-9-16-18(10-11)7-6-17-5-2-1-3-12(17)13-15-4-8-19-13/h4,8-10,12H,1-3,5-7H2. The molecule has 0 radical (unpaired) electrons. The molecule has 1 aliphatic heterocycles. The van der Waals surface area contributed by atoms with Crippen molar-refractivity contribution in [2.45, 2.75) is 31.8 Å². The van der Waals surface area contributed by atoms with E-state index >= 15 is 0 Å². The summed E-state index contributed by atoms with van der Waals surface area (Å²) < 4.78 is 1.91. The predicted octanol–water partition coefficient (Wildman–Crippen LogP) is 3.22. The molecule has 19 heavy (non-hydrogen) atoms. The lowest BCUT2D eigenvalue weighted by Crippen LogP contribution is -2.35. The summed E-state index contributed by atoms with van der Waals surface area (Å²) in [5.74, 6) is 0. The summed E-state index contributed by atoms with van der Waals surface area (Å²) in [6.07, 6.45) is 9.27. The molecule has 0 amide bonds. The fourth-order valence-electron chi connectivity index (χ4n) is 2.63. The first kappa shape index (κ1) is 13.1. The first-order valence-corrected chi connectivity index (χ1v) is 7.90. The molecule has 1 saturated heterocycles. The fourth-order valence-corrected chi connectivity index (χ4v) is 3.59. The Labute approximate surface area is 122 Å². The van der Waals surface area contributed by atoms with Crippen molar-refractivity contribution >= 4 is 22.9 Å². The molecular weight excluding hydrogens is 280 g/mol. The quantitative estimate of drug-likeness (QED) is 0.869. The van der Waals surface area contributed by atoms with Crippen molar-refractivity contribution in [3.05, 3.63) is 34.0 Å². The van der Waals surface area contributed by atoms with Crippen LogP contribution in [0.15, 0.2) is 24.0 Å². The van der Waals surface area contributed by atoms with Gasteiger partial charge in [0.25, 0.3) is 0 Å². The van der Waals surface area contributed by atoms with Crippen molar-refractivity contribution in [2.24, 2.45) is 0 Å². The average Bonchev–Trinajstić information content (AvgIpc) is 3.08. The van der Waals surface area contributed by atoms with Gasteiger partial charge in [0.15, 0.2) is 0 Å². The summed E-state index contributed by atoms with van der Waals surface area (Å²) >= 11 is 7.65. The molecule has 0 bridgehead atoms. The van der Waals surface area contributed by atoms with E-state index in [1.807, 2.05) is 17.1 Å². The van der Waals surface area contributed by atoms with Gasteiger partial charge in [-0.2, -0.15) is 5.10 Å². The summed E-state index contributed by atoms with van der Waals surface area (Å²) in [4.78, 5) is 7.01. The van der Waals surface area contributed by atoms with Crippen molar-refractivity contribution in [1.29, 1.82) is 0 Å². The van der Waals surface area contributed by atoms with E-state index < -0.39 is 0 Å². The molecule has 102 valence electrons. The second-order valence-corrected chi connectivity index (χ2v) is 6.20. The van der Waals surface area contributed by atoms with Gasteiger partial charge in [0.05, 0.1) is 23.8 Å². The molecule has 0 N–H and O–H groups in total. The highest BCUT2D eigenvalue weighted by Gasteiger charge is 2.25. The number of hydrogen-bond acceptors (Lipinski definition) is 4. The first-order valence-electron chi connectivity index (χ1n) is 6.64. The van der Waals surface area contributed by atoms with Crippen molar-refractivity contribution in [3.63, 3.8) is 0 Å². The first-order chi connectivity index (χ1) is 9.33. The van der Waals surface area contributed by atoms with Gasteiger partial charge in [-0.05, 0) is 19.4 Å². The number of rotatable bonds is 4. The molecule has 3 rings (SSSR count). The van der Waals surface area contributed by atoms with Crippen LogP contribution in [-0.4, -0.2) is 32.8 Å². The number of halogens is 1. The lowest BCUT2D eigenvalue weighted by atomic mass is 10.0. The van der Waals surface area contributed by atoms with Gasteiger partial charge < -0.3 is 0 Å². The van der Waals surface area contributed by atoms with Crippen LogP contribution < -0.4 is 0 Å². The van der Waals surface area contributed by atoms with E-state index in [1.165, 1.54) is 24.3 Å². The van der Waals surface area contributed by atoms with Gasteiger partial charge in [-0.1, -0.05) is 18.0 Å². The second-order valence-electron chi connectivity index (χ2n) is 4.84. The zero-order valence-electron chi connectivity index (χ0n) is 10.7.